The summed E-state index contributed by atoms with van der Waals surface area (Å²) in [6.07, 6.45) is 3.12. The molecule has 0 unspecified atom stereocenters. The van der Waals surface area contributed by atoms with E-state index in [-0.39, 0.29) is 5.91 Å². The SMILES string of the molecule is COc1ccccc1N1CCN(C(=O)c2ccc(-n3cncn3)cc2)CC1. The molecule has 0 spiro atoms. The van der Waals surface area contributed by atoms with Crippen molar-refractivity contribution < 1.29 is 9.53 Å². The molecule has 0 saturated carbocycles. The van der Waals surface area contributed by atoms with Crippen LogP contribution in [-0.4, -0.2) is 58.9 Å². The zero-order valence-corrected chi connectivity index (χ0v) is 15.2. The van der Waals surface area contributed by atoms with Crippen molar-refractivity contribution in [1.82, 2.24) is 19.7 Å². The van der Waals surface area contributed by atoms with Gasteiger partial charge in [-0.2, -0.15) is 5.10 Å². The summed E-state index contributed by atoms with van der Waals surface area (Å²) in [5.74, 6) is 0.917. The molecular weight excluding hydrogens is 342 g/mol. The van der Waals surface area contributed by atoms with Crippen LogP contribution in [0.5, 0.6) is 5.75 Å². The summed E-state index contributed by atoms with van der Waals surface area (Å²) in [6.45, 7) is 2.93. The summed E-state index contributed by atoms with van der Waals surface area (Å²) < 4.78 is 7.12. The van der Waals surface area contributed by atoms with Crippen molar-refractivity contribution in [2.45, 2.75) is 0 Å². The van der Waals surface area contributed by atoms with Crippen molar-refractivity contribution >= 4 is 11.6 Å². The number of amides is 1. The fourth-order valence-electron chi connectivity index (χ4n) is 3.32. The number of para-hydroxylation sites is 2. The van der Waals surface area contributed by atoms with E-state index in [2.05, 4.69) is 21.0 Å². The van der Waals surface area contributed by atoms with Crippen molar-refractivity contribution in [2.24, 2.45) is 0 Å². The maximum atomic E-state index is 12.8. The van der Waals surface area contributed by atoms with Gasteiger partial charge in [0.15, 0.2) is 0 Å². The Morgan fingerprint density at radius 1 is 1.00 bits per heavy atom. The smallest absolute Gasteiger partial charge is 0.253 e. The molecule has 7 heteroatoms. The Labute approximate surface area is 157 Å². The summed E-state index contributed by atoms with van der Waals surface area (Å²) >= 11 is 0. The summed E-state index contributed by atoms with van der Waals surface area (Å²) in [5.41, 5.74) is 2.64. The first-order chi connectivity index (χ1) is 13.3. The van der Waals surface area contributed by atoms with E-state index >= 15 is 0 Å². The fourth-order valence-corrected chi connectivity index (χ4v) is 3.32. The number of benzene rings is 2. The summed E-state index contributed by atoms with van der Waals surface area (Å²) in [4.78, 5) is 20.9. The van der Waals surface area contributed by atoms with Crippen LogP contribution >= 0.6 is 0 Å². The monoisotopic (exact) mass is 363 g/mol. The van der Waals surface area contributed by atoms with E-state index in [1.807, 2.05) is 47.4 Å². The van der Waals surface area contributed by atoms with Gasteiger partial charge in [0.2, 0.25) is 0 Å². The first-order valence-electron chi connectivity index (χ1n) is 8.88. The van der Waals surface area contributed by atoms with Gasteiger partial charge in [0.25, 0.3) is 5.91 Å². The van der Waals surface area contributed by atoms with Crippen LogP contribution in [0.4, 0.5) is 5.69 Å². The van der Waals surface area contributed by atoms with Crippen molar-refractivity contribution in [3.8, 4) is 11.4 Å². The topological polar surface area (TPSA) is 63.5 Å². The number of hydrogen-bond donors (Lipinski definition) is 0. The van der Waals surface area contributed by atoms with Crippen LogP contribution in [-0.2, 0) is 0 Å². The van der Waals surface area contributed by atoms with Gasteiger partial charge in [-0.3, -0.25) is 4.79 Å². The van der Waals surface area contributed by atoms with E-state index in [0.717, 1.165) is 30.2 Å². The number of rotatable bonds is 4. The minimum atomic E-state index is 0.0554. The predicted molar refractivity (Wildman–Crippen MR) is 102 cm³/mol. The number of carbonyl (C=O) groups excluding carboxylic acids is 1. The van der Waals surface area contributed by atoms with E-state index in [1.54, 1.807) is 18.1 Å². The first kappa shape index (κ1) is 17.1. The van der Waals surface area contributed by atoms with Gasteiger partial charge in [-0.05, 0) is 36.4 Å². The normalized spacial score (nSPS) is 14.3. The number of anilines is 1. The van der Waals surface area contributed by atoms with E-state index in [1.165, 1.54) is 6.33 Å². The molecule has 0 aliphatic carbocycles. The van der Waals surface area contributed by atoms with Crippen LogP contribution in [0.1, 0.15) is 10.4 Å². The lowest BCUT2D eigenvalue weighted by molar-refractivity contribution is 0.0746. The van der Waals surface area contributed by atoms with E-state index in [4.69, 9.17) is 4.74 Å². The zero-order valence-electron chi connectivity index (χ0n) is 15.2. The molecule has 2 heterocycles. The van der Waals surface area contributed by atoms with E-state index in [0.29, 0.717) is 18.7 Å². The molecule has 2 aromatic carbocycles. The molecule has 1 amide bonds. The van der Waals surface area contributed by atoms with Gasteiger partial charge in [-0.15, -0.1) is 0 Å². The molecule has 4 rings (SSSR count). The van der Waals surface area contributed by atoms with Crippen molar-refractivity contribution in [3.05, 3.63) is 66.7 Å². The maximum absolute atomic E-state index is 12.8. The fraction of sp³-hybridized carbons (Fsp3) is 0.250. The number of carbonyl (C=O) groups is 1. The molecule has 0 N–H and O–H groups in total. The van der Waals surface area contributed by atoms with Crippen LogP contribution in [0.25, 0.3) is 5.69 Å². The van der Waals surface area contributed by atoms with Gasteiger partial charge in [-0.25, -0.2) is 9.67 Å². The van der Waals surface area contributed by atoms with Gasteiger partial charge in [0, 0.05) is 31.7 Å². The molecule has 138 valence electrons. The second-order valence-electron chi connectivity index (χ2n) is 6.34. The third-order valence-electron chi connectivity index (χ3n) is 4.79. The highest BCUT2D eigenvalue weighted by Gasteiger charge is 2.23. The third-order valence-corrected chi connectivity index (χ3v) is 4.79. The Morgan fingerprint density at radius 3 is 2.41 bits per heavy atom. The number of piperazine rings is 1. The van der Waals surface area contributed by atoms with Crippen molar-refractivity contribution in [1.29, 1.82) is 0 Å². The van der Waals surface area contributed by atoms with Gasteiger partial charge < -0.3 is 14.5 Å². The largest absolute Gasteiger partial charge is 0.495 e. The minimum absolute atomic E-state index is 0.0554. The van der Waals surface area contributed by atoms with Crippen LogP contribution < -0.4 is 9.64 Å². The van der Waals surface area contributed by atoms with E-state index in [9.17, 15) is 4.79 Å². The van der Waals surface area contributed by atoms with Gasteiger partial charge in [0.05, 0.1) is 18.5 Å². The number of nitrogens with zero attached hydrogens (tertiary/aromatic N) is 5. The lowest BCUT2D eigenvalue weighted by atomic mass is 10.1. The Morgan fingerprint density at radius 2 is 1.74 bits per heavy atom. The van der Waals surface area contributed by atoms with Gasteiger partial charge >= 0.3 is 0 Å². The Balaban J connectivity index is 1.41. The Bertz CT molecular complexity index is 900. The van der Waals surface area contributed by atoms with Crippen LogP contribution in [0.3, 0.4) is 0 Å². The molecule has 1 saturated heterocycles. The Kier molecular flexibility index (Phi) is 4.74. The molecule has 1 fully saturated rings. The second kappa shape index (κ2) is 7.49. The average molecular weight is 363 g/mol. The summed E-state index contributed by atoms with van der Waals surface area (Å²) in [5, 5.41) is 4.10. The molecule has 0 atom stereocenters. The first-order valence-corrected chi connectivity index (χ1v) is 8.88. The molecule has 27 heavy (non-hydrogen) atoms. The van der Waals surface area contributed by atoms with Crippen LogP contribution in [0, 0.1) is 0 Å². The van der Waals surface area contributed by atoms with Crippen LogP contribution in [0.15, 0.2) is 61.2 Å². The molecule has 1 aliphatic heterocycles. The van der Waals surface area contributed by atoms with Crippen molar-refractivity contribution in [3.63, 3.8) is 0 Å². The lowest BCUT2D eigenvalue weighted by Gasteiger charge is -2.36. The highest BCUT2D eigenvalue weighted by molar-refractivity contribution is 5.94. The standard InChI is InChI=1S/C20H21N5O2/c1-27-19-5-3-2-4-18(19)23-10-12-24(13-11-23)20(26)16-6-8-17(9-7-16)25-15-21-14-22-25/h2-9,14-15H,10-13H2,1H3. The zero-order chi connectivity index (χ0) is 18.6. The molecule has 0 bridgehead atoms. The second-order valence-corrected chi connectivity index (χ2v) is 6.34. The quantitative estimate of drug-likeness (QED) is 0.711. The number of hydrogen-bond acceptors (Lipinski definition) is 5. The molecule has 1 aliphatic rings. The highest BCUT2D eigenvalue weighted by atomic mass is 16.5. The maximum Gasteiger partial charge on any atom is 0.253 e. The molecule has 0 radical (unpaired) electrons. The molecule has 7 nitrogen and oxygen atoms in total. The number of methoxy groups -OCH3 is 1. The number of aromatic nitrogens is 3. The highest BCUT2D eigenvalue weighted by Crippen LogP contribution is 2.28. The van der Waals surface area contributed by atoms with Gasteiger partial charge in [0.1, 0.15) is 18.4 Å². The molecular formula is C20H21N5O2. The predicted octanol–water partition coefficient (Wildman–Crippen LogP) is 2.24. The lowest BCUT2D eigenvalue weighted by Crippen LogP contribution is -2.48. The van der Waals surface area contributed by atoms with Crippen LogP contribution in [0.2, 0.25) is 0 Å². The van der Waals surface area contributed by atoms with Gasteiger partial charge in [-0.1, -0.05) is 12.1 Å². The minimum Gasteiger partial charge on any atom is -0.495 e. The van der Waals surface area contributed by atoms with Crippen molar-refractivity contribution in [2.75, 3.05) is 38.2 Å². The molecule has 3 aromatic rings. The van der Waals surface area contributed by atoms with E-state index < -0.39 is 0 Å². The molecule has 1 aromatic heterocycles. The average Bonchev–Trinajstić information content (AvgIpc) is 3.28. The number of ether oxygens (including phenoxy) is 1. The summed E-state index contributed by atoms with van der Waals surface area (Å²) in [6, 6.07) is 15.4. The Hall–Kier alpha value is -3.35. The third kappa shape index (κ3) is 3.48. The summed E-state index contributed by atoms with van der Waals surface area (Å²) in [7, 11) is 1.68.